The number of nitrogens with one attached hydrogen (secondary N) is 1. The van der Waals surface area contributed by atoms with Crippen LogP contribution in [-0.4, -0.2) is 14.1 Å². The van der Waals surface area contributed by atoms with E-state index >= 15 is 0 Å². The highest BCUT2D eigenvalue weighted by Gasteiger charge is 2.13. The molecule has 0 aliphatic carbocycles. The van der Waals surface area contributed by atoms with E-state index in [9.17, 15) is 0 Å². The summed E-state index contributed by atoms with van der Waals surface area (Å²) in [5.74, 6) is 5.67. The number of nitrogens with zero attached hydrogens (tertiary/aromatic N) is 1. The quantitative estimate of drug-likeness (QED) is 0.644. The molecule has 1 aromatic heterocycles. The van der Waals surface area contributed by atoms with Crippen molar-refractivity contribution in [3.63, 3.8) is 0 Å². The fourth-order valence-corrected chi connectivity index (χ4v) is 2.59. The fraction of sp³-hybridized carbons (Fsp3) is 0.231. The summed E-state index contributed by atoms with van der Waals surface area (Å²) >= 11 is 1.71. The lowest BCUT2D eigenvalue weighted by Gasteiger charge is -2.18. The third kappa shape index (κ3) is 2.66. The lowest BCUT2D eigenvalue weighted by Crippen LogP contribution is -2.28. The Balaban J connectivity index is 2.34. The Labute approximate surface area is 106 Å². The molecule has 0 saturated carbocycles. The van der Waals surface area contributed by atoms with Gasteiger partial charge in [-0.1, -0.05) is 18.2 Å². The van der Waals surface area contributed by atoms with Crippen LogP contribution in [0.4, 0.5) is 5.69 Å². The molecule has 1 heterocycles. The van der Waals surface area contributed by atoms with E-state index in [4.69, 9.17) is 5.84 Å². The normalized spacial score (nSPS) is 12.4. The van der Waals surface area contributed by atoms with Gasteiger partial charge in [-0.2, -0.15) is 0 Å². The lowest BCUT2D eigenvalue weighted by molar-refractivity contribution is 0.646. The SMILES string of the molecule is CN(C)c1cccc(C(NN)c2cccs2)c1. The monoisotopic (exact) mass is 247 g/mol. The molecular formula is C13H17N3S. The molecule has 2 aromatic rings. The molecule has 90 valence electrons. The predicted octanol–water partition coefficient (Wildman–Crippen LogP) is 2.37. The molecule has 0 radical (unpaired) electrons. The zero-order valence-corrected chi connectivity index (χ0v) is 10.9. The molecule has 1 atom stereocenters. The van der Waals surface area contributed by atoms with Crippen molar-refractivity contribution >= 4 is 17.0 Å². The minimum Gasteiger partial charge on any atom is -0.378 e. The van der Waals surface area contributed by atoms with Gasteiger partial charge in [-0.15, -0.1) is 11.3 Å². The van der Waals surface area contributed by atoms with Crippen LogP contribution in [0, 0.1) is 0 Å². The molecule has 0 aliphatic rings. The summed E-state index contributed by atoms with van der Waals surface area (Å²) in [5, 5.41) is 2.06. The maximum Gasteiger partial charge on any atom is 0.0803 e. The molecule has 4 heteroatoms. The Morgan fingerprint density at radius 2 is 2.06 bits per heavy atom. The largest absolute Gasteiger partial charge is 0.378 e. The Bertz CT molecular complexity index is 465. The minimum atomic E-state index is 0.0647. The highest BCUT2D eigenvalue weighted by atomic mass is 32.1. The van der Waals surface area contributed by atoms with E-state index in [0.29, 0.717) is 0 Å². The first-order valence-corrected chi connectivity index (χ1v) is 6.37. The van der Waals surface area contributed by atoms with E-state index in [2.05, 4.69) is 46.0 Å². The Kier molecular flexibility index (Phi) is 3.78. The molecular weight excluding hydrogens is 230 g/mol. The molecule has 0 spiro atoms. The van der Waals surface area contributed by atoms with Gasteiger partial charge in [-0.3, -0.25) is 5.84 Å². The third-order valence-electron chi connectivity index (χ3n) is 2.71. The van der Waals surface area contributed by atoms with Crippen molar-refractivity contribution in [2.75, 3.05) is 19.0 Å². The van der Waals surface area contributed by atoms with Gasteiger partial charge in [0.15, 0.2) is 0 Å². The first-order valence-electron chi connectivity index (χ1n) is 5.49. The number of hydrogen-bond acceptors (Lipinski definition) is 4. The number of rotatable bonds is 4. The second-order valence-corrected chi connectivity index (χ2v) is 5.08. The summed E-state index contributed by atoms with van der Waals surface area (Å²) < 4.78 is 0. The van der Waals surface area contributed by atoms with Crippen molar-refractivity contribution in [1.82, 2.24) is 5.43 Å². The molecule has 3 nitrogen and oxygen atoms in total. The van der Waals surface area contributed by atoms with Gasteiger partial charge >= 0.3 is 0 Å². The van der Waals surface area contributed by atoms with Gasteiger partial charge in [-0.05, 0) is 29.1 Å². The predicted molar refractivity (Wildman–Crippen MR) is 74.3 cm³/mol. The Morgan fingerprint density at radius 1 is 1.24 bits per heavy atom. The molecule has 2 rings (SSSR count). The van der Waals surface area contributed by atoms with Crippen LogP contribution in [-0.2, 0) is 0 Å². The third-order valence-corrected chi connectivity index (χ3v) is 3.65. The summed E-state index contributed by atoms with van der Waals surface area (Å²) in [6, 6.07) is 12.6. The van der Waals surface area contributed by atoms with Crippen LogP contribution >= 0.6 is 11.3 Å². The maximum atomic E-state index is 5.67. The van der Waals surface area contributed by atoms with Crippen LogP contribution in [0.25, 0.3) is 0 Å². The van der Waals surface area contributed by atoms with E-state index in [1.807, 2.05) is 20.2 Å². The number of nitrogens with two attached hydrogens (primary N) is 1. The van der Waals surface area contributed by atoms with Crippen molar-refractivity contribution in [3.8, 4) is 0 Å². The molecule has 0 aliphatic heterocycles. The van der Waals surface area contributed by atoms with Crippen LogP contribution in [0.1, 0.15) is 16.5 Å². The summed E-state index contributed by atoms with van der Waals surface area (Å²) in [5.41, 5.74) is 5.24. The van der Waals surface area contributed by atoms with E-state index in [1.54, 1.807) is 11.3 Å². The van der Waals surface area contributed by atoms with E-state index in [0.717, 1.165) is 0 Å². The Morgan fingerprint density at radius 3 is 2.65 bits per heavy atom. The molecule has 0 saturated heterocycles. The van der Waals surface area contributed by atoms with Gasteiger partial charge in [0.05, 0.1) is 6.04 Å². The van der Waals surface area contributed by atoms with Crippen LogP contribution in [0.15, 0.2) is 41.8 Å². The average Bonchev–Trinajstić information content (AvgIpc) is 2.84. The fourth-order valence-electron chi connectivity index (χ4n) is 1.78. The first-order chi connectivity index (χ1) is 8.22. The van der Waals surface area contributed by atoms with Gasteiger partial charge in [0, 0.05) is 24.7 Å². The number of benzene rings is 1. The van der Waals surface area contributed by atoms with Crippen molar-refractivity contribution in [2.24, 2.45) is 5.84 Å². The molecule has 0 bridgehead atoms. The van der Waals surface area contributed by atoms with Crippen LogP contribution in [0.3, 0.4) is 0 Å². The van der Waals surface area contributed by atoms with Crippen molar-refractivity contribution < 1.29 is 0 Å². The van der Waals surface area contributed by atoms with Gasteiger partial charge in [0.2, 0.25) is 0 Å². The summed E-state index contributed by atoms with van der Waals surface area (Å²) in [6.07, 6.45) is 0. The smallest absolute Gasteiger partial charge is 0.0803 e. The molecule has 3 N–H and O–H groups in total. The molecule has 1 unspecified atom stereocenters. The summed E-state index contributed by atoms with van der Waals surface area (Å²) in [4.78, 5) is 3.31. The van der Waals surface area contributed by atoms with E-state index in [1.165, 1.54) is 16.1 Å². The van der Waals surface area contributed by atoms with Crippen LogP contribution in [0.5, 0.6) is 0 Å². The van der Waals surface area contributed by atoms with Gasteiger partial charge in [0.25, 0.3) is 0 Å². The van der Waals surface area contributed by atoms with Crippen LogP contribution < -0.4 is 16.2 Å². The number of anilines is 1. The number of hydrazine groups is 1. The second-order valence-electron chi connectivity index (χ2n) is 4.10. The topological polar surface area (TPSA) is 41.3 Å². The van der Waals surface area contributed by atoms with Gasteiger partial charge in [0.1, 0.15) is 0 Å². The van der Waals surface area contributed by atoms with Crippen molar-refractivity contribution in [2.45, 2.75) is 6.04 Å². The average molecular weight is 247 g/mol. The maximum absolute atomic E-state index is 5.67. The lowest BCUT2D eigenvalue weighted by atomic mass is 10.1. The second kappa shape index (κ2) is 5.31. The standard InChI is InChI=1S/C13H17N3S/c1-16(2)11-6-3-5-10(9-11)13(15-14)12-7-4-8-17-12/h3-9,13,15H,14H2,1-2H3. The minimum absolute atomic E-state index is 0.0647. The van der Waals surface area contributed by atoms with Crippen molar-refractivity contribution in [3.05, 3.63) is 52.2 Å². The summed E-state index contributed by atoms with van der Waals surface area (Å²) in [6.45, 7) is 0. The van der Waals surface area contributed by atoms with Crippen LogP contribution in [0.2, 0.25) is 0 Å². The van der Waals surface area contributed by atoms with Gasteiger partial charge in [-0.25, -0.2) is 5.43 Å². The van der Waals surface area contributed by atoms with Crippen molar-refractivity contribution in [1.29, 1.82) is 0 Å². The number of hydrogen-bond donors (Lipinski definition) is 2. The molecule has 1 aromatic carbocycles. The first kappa shape index (κ1) is 12.1. The zero-order valence-electron chi connectivity index (χ0n) is 10.1. The Hall–Kier alpha value is -1.36. The van der Waals surface area contributed by atoms with Gasteiger partial charge < -0.3 is 4.90 Å². The highest BCUT2D eigenvalue weighted by Crippen LogP contribution is 2.27. The molecule has 17 heavy (non-hydrogen) atoms. The van der Waals surface area contributed by atoms with E-state index < -0.39 is 0 Å². The summed E-state index contributed by atoms with van der Waals surface area (Å²) in [7, 11) is 4.07. The number of thiophene rings is 1. The highest BCUT2D eigenvalue weighted by molar-refractivity contribution is 7.10. The molecule has 0 amide bonds. The van der Waals surface area contributed by atoms with E-state index in [-0.39, 0.29) is 6.04 Å². The zero-order chi connectivity index (χ0) is 12.3. The molecule has 0 fully saturated rings.